The fourth-order valence-corrected chi connectivity index (χ4v) is 4.54. The second-order valence-corrected chi connectivity index (χ2v) is 9.28. The lowest BCUT2D eigenvalue weighted by Crippen LogP contribution is -2.23. The van der Waals surface area contributed by atoms with E-state index in [1.165, 1.54) is 6.08 Å². The van der Waals surface area contributed by atoms with Crippen molar-refractivity contribution in [2.75, 3.05) is 0 Å². The van der Waals surface area contributed by atoms with Gasteiger partial charge in [0.25, 0.3) is 0 Å². The molecule has 1 atom stereocenters. The summed E-state index contributed by atoms with van der Waals surface area (Å²) in [7, 11) is 0. The van der Waals surface area contributed by atoms with Crippen molar-refractivity contribution in [3.8, 4) is 23.0 Å². The smallest absolute Gasteiger partial charge is 0.343 e. The number of ketones is 2. The maximum Gasteiger partial charge on any atom is 0.343 e. The minimum absolute atomic E-state index is 0.108. The van der Waals surface area contributed by atoms with Gasteiger partial charge in [0, 0.05) is 24.0 Å². The first-order valence-corrected chi connectivity index (χ1v) is 11.9. The number of phenolic OH excluding ortho intramolecular Hbond substituents is 2. The van der Waals surface area contributed by atoms with Crippen LogP contribution in [0.3, 0.4) is 0 Å². The van der Waals surface area contributed by atoms with Crippen molar-refractivity contribution in [3.05, 3.63) is 91.5 Å². The molecule has 0 spiro atoms. The minimum Gasteiger partial charge on any atom is -0.507 e. The molecule has 1 aromatic heterocycles. The van der Waals surface area contributed by atoms with Crippen molar-refractivity contribution in [1.29, 1.82) is 0 Å². The molecule has 0 saturated heterocycles. The number of carbonyl (C=O) groups excluding carboxylic acids is 2. The zero-order valence-electron chi connectivity index (χ0n) is 21.0. The largest absolute Gasteiger partial charge is 0.507 e. The van der Waals surface area contributed by atoms with E-state index in [9.17, 15) is 29.7 Å². The van der Waals surface area contributed by atoms with Gasteiger partial charge in [-0.1, -0.05) is 42.8 Å². The van der Waals surface area contributed by atoms with Gasteiger partial charge in [-0.2, -0.15) is 0 Å². The van der Waals surface area contributed by atoms with Crippen LogP contribution in [0.15, 0.2) is 51.2 Å². The molecule has 0 bridgehead atoms. The van der Waals surface area contributed by atoms with Gasteiger partial charge in [-0.3, -0.25) is 9.59 Å². The highest BCUT2D eigenvalue weighted by Crippen LogP contribution is 2.49. The minimum atomic E-state index is -0.847. The molecule has 8 heteroatoms. The van der Waals surface area contributed by atoms with Crippen molar-refractivity contribution in [1.82, 2.24) is 0 Å². The molecule has 1 aliphatic rings. The van der Waals surface area contributed by atoms with Crippen molar-refractivity contribution < 1.29 is 34.1 Å². The SMILES string of the molecule is CCc1oc(=O)c(Cc2c(O)c(C(=O)C=C(C)C)c3c(c2O)C(=O)CC(c2ccccc2)O3)c(O)c1C. The fraction of sp³-hybridized carbons (Fsp3) is 0.276. The van der Waals surface area contributed by atoms with Crippen molar-refractivity contribution in [2.45, 2.75) is 53.1 Å². The number of aryl methyl sites for hydroxylation is 1. The van der Waals surface area contributed by atoms with Crippen LogP contribution in [0.2, 0.25) is 0 Å². The summed E-state index contributed by atoms with van der Waals surface area (Å²) in [5, 5.41) is 33.1. The Morgan fingerprint density at radius 3 is 2.32 bits per heavy atom. The summed E-state index contributed by atoms with van der Waals surface area (Å²) in [5.74, 6) is -2.64. The molecule has 192 valence electrons. The number of hydrogen-bond donors (Lipinski definition) is 3. The van der Waals surface area contributed by atoms with Crippen molar-refractivity contribution in [3.63, 3.8) is 0 Å². The average Bonchev–Trinajstić information content (AvgIpc) is 2.85. The molecule has 1 unspecified atom stereocenters. The number of rotatable bonds is 6. The van der Waals surface area contributed by atoms with E-state index < -0.39 is 41.2 Å². The van der Waals surface area contributed by atoms with Gasteiger partial charge < -0.3 is 24.5 Å². The third-order valence-corrected chi connectivity index (χ3v) is 6.44. The molecule has 4 rings (SSSR count). The summed E-state index contributed by atoms with van der Waals surface area (Å²) in [6.07, 6.45) is 0.337. The van der Waals surface area contributed by atoms with Gasteiger partial charge in [-0.15, -0.1) is 0 Å². The number of Topliss-reactive ketones (excluding diaryl/α,β-unsaturated/α-hetero) is 1. The van der Waals surface area contributed by atoms with Gasteiger partial charge in [0.2, 0.25) is 0 Å². The highest BCUT2D eigenvalue weighted by molar-refractivity contribution is 6.14. The fourth-order valence-electron chi connectivity index (χ4n) is 4.54. The lowest BCUT2D eigenvalue weighted by Gasteiger charge is -2.29. The van der Waals surface area contributed by atoms with E-state index in [1.54, 1.807) is 52.0 Å². The lowest BCUT2D eigenvalue weighted by molar-refractivity contribution is 0.0839. The van der Waals surface area contributed by atoms with Crippen LogP contribution in [0.1, 0.15) is 82.0 Å². The summed E-state index contributed by atoms with van der Waals surface area (Å²) >= 11 is 0. The Hall–Kier alpha value is -4.33. The monoisotopic (exact) mass is 504 g/mol. The number of phenols is 2. The summed E-state index contributed by atoms with van der Waals surface area (Å²) in [5.41, 5.74) is -0.198. The summed E-state index contributed by atoms with van der Waals surface area (Å²) < 4.78 is 11.4. The van der Waals surface area contributed by atoms with Gasteiger partial charge in [-0.25, -0.2) is 4.79 Å². The molecule has 0 aliphatic carbocycles. The molecular weight excluding hydrogens is 476 g/mol. The van der Waals surface area contributed by atoms with Crippen LogP contribution in [0.4, 0.5) is 0 Å². The molecule has 2 heterocycles. The normalized spacial score (nSPS) is 14.6. The number of fused-ring (bicyclic) bond motifs is 1. The third-order valence-electron chi connectivity index (χ3n) is 6.44. The maximum absolute atomic E-state index is 13.3. The van der Waals surface area contributed by atoms with Crippen LogP contribution in [0.25, 0.3) is 0 Å². The highest BCUT2D eigenvalue weighted by atomic mass is 16.5. The molecule has 8 nitrogen and oxygen atoms in total. The quantitative estimate of drug-likeness (QED) is 0.313. The Labute approximate surface area is 213 Å². The van der Waals surface area contributed by atoms with E-state index >= 15 is 0 Å². The molecule has 3 aromatic rings. The van der Waals surface area contributed by atoms with Crippen molar-refractivity contribution in [2.24, 2.45) is 0 Å². The zero-order valence-corrected chi connectivity index (χ0v) is 21.0. The van der Waals surface area contributed by atoms with Crippen LogP contribution in [-0.4, -0.2) is 26.9 Å². The second-order valence-electron chi connectivity index (χ2n) is 9.28. The van der Waals surface area contributed by atoms with Gasteiger partial charge in [0.05, 0.1) is 12.0 Å². The third kappa shape index (κ3) is 4.62. The van der Waals surface area contributed by atoms with Gasteiger partial charge in [0.1, 0.15) is 46.0 Å². The molecule has 2 aromatic carbocycles. The van der Waals surface area contributed by atoms with Crippen LogP contribution >= 0.6 is 0 Å². The van der Waals surface area contributed by atoms with E-state index in [0.29, 0.717) is 28.9 Å². The Morgan fingerprint density at radius 2 is 1.70 bits per heavy atom. The van der Waals surface area contributed by atoms with Crippen LogP contribution in [0, 0.1) is 6.92 Å². The first-order valence-electron chi connectivity index (χ1n) is 11.9. The number of hydrogen-bond acceptors (Lipinski definition) is 8. The number of aromatic hydroxyl groups is 3. The summed E-state index contributed by atoms with van der Waals surface area (Å²) in [4.78, 5) is 39.2. The first kappa shape index (κ1) is 25.8. The number of benzene rings is 2. The van der Waals surface area contributed by atoms with Gasteiger partial charge >= 0.3 is 5.63 Å². The number of ether oxygens (including phenoxy) is 1. The Morgan fingerprint density at radius 1 is 1.03 bits per heavy atom. The second kappa shape index (κ2) is 9.97. The van der Waals surface area contributed by atoms with Crippen LogP contribution in [-0.2, 0) is 12.8 Å². The van der Waals surface area contributed by atoms with Gasteiger partial charge in [-0.05, 0) is 32.4 Å². The number of allylic oxidation sites excluding steroid dienone is 2. The molecule has 0 saturated carbocycles. The molecule has 0 radical (unpaired) electrons. The molecule has 1 aliphatic heterocycles. The highest BCUT2D eigenvalue weighted by Gasteiger charge is 2.38. The van der Waals surface area contributed by atoms with Crippen LogP contribution in [0.5, 0.6) is 23.0 Å². The van der Waals surface area contributed by atoms with E-state index in [0.717, 1.165) is 0 Å². The molecule has 3 N–H and O–H groups in total. The average molecular weight is 505 g/mol. The summed E-state index contributed by atoms with van der Waals surface area (Å²) in [6.45, 7) is 6.74. The molecular formula is C29H28O8. The van der Waals surface area contributed by atoms with Crippen LogP contribution < -0.4 is 10.4 Å². The van der Waals surface area contributed by atoms with E-state index in [1.807, 2.05) is 6.07 Å². The Balaban J connectivity index is 1.95. The van der Waals surface area contributed by atoms with E-state index in [-0.39, 0.29) is 40.2 Å². The van der Waals surface area contributed by atoms with Gasteiger partial charge in [0.15, 0.2) is 11.6 Å². The molecule has 0 amide bonds. The predicted octanol–water partition coefficient (Wildman–Crippen LogP) is 5.07. The predicted molar refractivity (Wildman–Crippen MR) is 136 cm³/mol. The Kier molecular flexibility index (Phi) is 6.94. The standard InChI is InChI=1S/C29H28O8/c1-5-21-15(4)25(32)18(29(35)37-21)12-17-26(33)23(19(30)11-14(2)3)28-24(27(17)34)20(31)13-22(36-28)16-9-7-6-8-10-16/h6-11,22,32-34H,5,12-13H2,1-4H3. The zero-order chi connectivity index (χ0) is 27.0. The molecule has 0 fully saturated rings. The van der Waals surface area contributed by atoms with Crippen molar-refractivity contribution >= 4 is 11.6 Å². The number of carbonyl (C=O) groups is 2. The summed E-state index contributed by atoms with van der Waals surface area (Å²) in [6, 6.07) is 8.94. The maximum atomic E-state index is 13.3. The van der Waals surface area contributed by atoms with E-state index in [4.69, 9.17) is 9.15 Å². The van der Waals surface area contributed by atoms with E-state index in [2.05, 4.69) is 0 Å². The lowest BCUT2D eigenvalue weighted by atomic mass is 9.88. The Bertz CT molecular complexity index is 1490. The first-order chi connectivity index (χ1) is 17.5. The topological polar surface area (TPSA) is 134 Å². The molecule has 37 heavy (non-hydrogen) atoms.